The summed E-state index contributed by atoms with van der Waals surface area (Å²) in [5.41, 5.74) is 0. The molecule has 3 aromatic rings. The predicted molar refractivity (Wildman–Crippen MR) is 93.9 cm³/mol. The first-order valence-electron chi connectivity index (χ1n) is 7.80. The highest BCUT2D eigenvalue weighted by molar-refractivity contribution is 7.99. The van der Waals surface area contributed by atoms with Crippen molar-refractivity contribution in [3.05, 3.63) is 72.9 Å². The van der Waals surface area contributed by atoms with Gasteiger partial charge in [-0.2, -0.15) is 5.10 Å². The summed E-state index contributed by atoms with van der Waals surface area (Å²) >= 11 is 1.68. The zero-order valence-corrected chi connectivity index (χ0v) is 14.0. The summed E-state index contributed by atoms with van der Waals surface area (Å²) in [7, 11) is 0. The molecule has 0 aliphatic carbocycles. The van der Waals surface area contributed by atoms with Crippen molar-refractivity contribution in [2.45, 2.75) is 17.4 Å². The van der Waals surface area contributed by atoms with Crippen molar-refractivity contribution in [1.29, 1.82) is 0 Å². The van der Waals surface area contributed by atoms with Crippen LogP contribution in [0.5, 0.6) is 0 Å². The van der Waals surface area contributed by atoms with Crippen LogP contribution in [0.4, 0.5) is 0 Å². The molecule has 1 amide bonds. The van der Waals surface area contributed by atoms with Gasteiger partial charge in [0, 0.05) is 36.0 Å². The Labute approximate surface area is 145 Å². The largest absolute Gasteiger partial charge is 0.467 e. The Bertz CT molecular complexity index is 693. The monoisotopic (exact) mass is 341 g/mol. The molecule has 1 aromatic carbocycles. The molecule has 0 radical (unpaired) electrons. The fraction of sp³-hybridized carbons (Fsp3) is 0.222. The van der Waals surface area contributed by atoms with E-state index in [2.05, 4.69) is 10.4 Å². The van der Waals surface area contributed by atoms with Crippen LogP contribution in [0.1, 0.15) is 18.2 Å². The number of thioether (sulfide) groups is 1. The fourth-order valence-corrected chi connectivity index (χ4v) is 3.22. The van der Waals surface area contributed by atoms with E-state index in [4.69, 9.17) is 4.42 Å². The fourth-order valence-electron chi connectivity index (χ4n) is 2.35. The van der Waals surface area contributed by atoms with Crippen molar-refractivity contribution in [3.63, 3.8) is 0 Å². The highest BCUT2D eigenvalue weighted by Gasteiger charge is 2.17. The molecular formula is C18H19N3O2S. The molecular weight excluding hydrogens is 322 g/mol. The summed E-state index contributed by atoms with van der Waals surface area (Å²) in [4.78, 5) is 13.3. The lowest BCUT2D eigenvalue weighted by Gasteiger charge is -2.16. The summed E-state index contributed by atoms with van der Waals surface area (Å²) in [5, 5.41) is 7.23. The van der Waals surface area contributed by atoms with Crippen molar-refractivity contribution in [2.24, 2.45) is 0 Å². The number of nitrogens with one attached hydrogen (secondary N) is 1. The second-order valence-corrected chi connectivity index (χ2v) is 6.40. The summed E-state index contributed by atoms with van der Waals surface area (Å²) in [5.74, 6) is 1.56. The molecule has 5 nitrogen and oxygen atoms in total. The molecule has 0 spiro atoms. The minimum absolute atomic E-state index is 0.0298. The molecule has 1 unspecified atom stereocenters. The summed E-state index contributed by atoms with van der Waals surface area (Å²) in [6.45, 7) is 0.448. The second kappa shape index (κ2) is 8.40. The molecule has 1 N–H and O–H groups in total. The maximum absolute atomic E-state index is 12.1. The Morgan fingerprint density at radius 3 is 2.79 bits per heavy atom. The van der Waals surface area contributed by atoms with Gasteiger partial charge in [0.25, 0.3) is 0 Å². The molecule has 124 valence electrons. The number of nitrogens with zero attached hydrogens (tertiary/aromatic N) is 2. The second-order valence-electron chi connectivity index (χ2n) is 5.23. The van der Waals surface area contributed by atoms with E-state index in [0.717, 1.165) is 11.5 Å². The van der Waals surface area contributed by atoms with Crippen LogP contribution in [-0.2, 0) is 4.79 Å². The van der Waals surface area contributed by atoms with Gasteiger partial charge in [0.15, 0.2) is 0 Å². The molecule has 2 aromatic heterocycles. The maximum atomic E-state index is 12.1. The van der Waals surface area contributed by atoms with Gasteiger partial charge in [0.1, 0.15) is 11.8 Å². The zero-order valence-electron chi connectivity index (χ0n) is 13.2. The first kappa shape index (κ1) is 16.4. The predicted octanol–water partition coefficient (Wildman–Crippen LogP) is 3.36. The van der Waals surface area contributed by atoms with Gasteiger partial charge in [-0.1, -0.05) is 18.2 Å². The van der Waals surface area contributed by atoms with Crippen molar-refractivity contribution in [2.75, 3.05) is 12.3 Å². The molecule has 0 saturated carbocycles. The average molecular weight is 341 g/mol. The van der Waals surface area contributed by atoms with Gasteiger partial charge in [0.2, 0.25) is 5.91 Å². The lowest BCUT2D eigenvalue weighted by molar-refractivity contribution is -0.120. The number of carbonyl (C=O) groups is 1. The van der Waals surface area contributed by atoms with Gasteiger partial charge >= 0.3 is 0 Å². The van der Waals surface area contributed by atoms with Gasteiger partial charge in [-0.05, 0) is 30.3 Å². The van der Waals surface area contributed by atoms with E-state index in [1.165, 1.54) is 4.90 Å². The highest BCUT2D eigenvalue weighted by atomic mass is 32.2. The summed E-state index contributed by atoms with van der Waals surface area (Å²) in [6, 6.07) is 15.5. The lowest BCUT2D eigenvalue weighted by Crippen LogP contribution is -2.31. The van der Waals surface area contributed by atoms with Crippen molar-refractivity contribution >= 4 is 17.7 Å². The molecule has 6 heteroatoms. The molecule has 0 bridgehead atoms. The Morgan fingerprint density at radius 2 is 2.08 bits per heavy atom. The summed E-state index contributed by atoms with van der Waals surface area (Å²) in [6.07, 6.45) is 5.69. The standard InChI is InChI=1S/C18H19N3O2S/c22-18(9-13-24-15-6-2-1-3-7-15)19-14-16(17-8-4-12-23-17)21-11-5-10-20-21/h1-8,10-12,16H,9,13-14H2,(H,19,22). The maximum Gasteiger partial charge on any atom is 0.220 e. The van der Waals surface area contributed by atoms with E-state index in [0.29, 0.717) is 13.0 Å². The minimum atomic E-state index is -0.138. The third-order valence-electron chi connectivity index (χ3n) is 3.55. The third kappa shape index (κ3) is 4.52. The molecule has 0 aliphatic rings. The number of aromatic nitrogens is 2. The lowest BCUT2D eigenvalue weighted by atomic mass is 10.2. The Morgan fingerprint density at radius 1 is 1.21 bits per heavy atom. The SMILES string of the molecule is O=C(CCSc1ccccc1)NCC(c1ccco1)n1cccn1. The summed E-state index contributed by atoms with van der Waals surface area (Å²) < 4.78 is 7.26. The van der Waals surface area contributed by atoms with Crippen LogP contribution in [0.2, 0.25) is 0 Å². The van der Waals surface area contributed by atoms with Crippen molar-refractivity contribution in [3.8, 4) is 0 Å². The van der Waals surface area contributed by atoms with Crippen LogP contribution in [0.3, 0.4) is 0 Å². The zero-order chi connectivity index (χ0) is 16.6. The first-order valence-corrected chi connectivity index (χ1v) is 8.78. The number of furan rings is 1. The average Bonchev–Trinajstić information content (AvgIpc) is 3.30. The van der Waals surface area contributed by atoms with Crippen LogP contribution < -0.4 is 5.32 Å². The van der Waals surface area contributed by atoms with E-state index >= 15 is 0 Å². The van der Waals surface area contributed by atoms with Crippen LogP contribution in [0.15, 0.2) is 76.5 Å². The van der Waals surface area contributed by atoms with E-state index < -0.39 is 0 Å². The molecule has 24 heavy (non-hydrogen) atoms. The Balaban J connectivity index is 1.49. The molecule has 0 saturated heterocycles. The smallest absolute Gasteiger partial charge is 0.220 e. The van der Waals surface area contributed by atoms with Crippen molar-refractivity contribution < 1.29 is 9.21 Å². The van der Waals surface area contributed by atoms with Crippen molar-refractivity contribution in [1.82, 2.24) is 15.1 Å². The first-order chi connectivity index (χ1) is 11.8. The molecule has 1 atom stereocenters. The van der Waals surface area contributed by atoms with Gasteiger partial charge in [-0.3, -0.25) is 9.48 Å². The molecule has 3 rings (SSSR count). The number of amides is 1. The van der Waals surface area contributed by atoms with Gasteiger partial charge in [-0.25, -0.2) is 0 Å². The number of benzene rings is 1. The number of hydrogen-bond acceptors (Lipinski definition) is 4. The van der Waals surface area contributed by atoms with E-state index in [9.17, 15) is 4.79 Å². The normalized spacial score (nSPS) is 12.0. The van der Waals surface area contributed by atoms with Crippen LogP contribution >= 0.6 is 11.8 Å². The van der Waals surface area contributed by atoms with Gasteiger partial charge in [-0.15, -0.1) is 11.8 Å². The molecule has 0 aliphatic heterocycles. The van der Waals surface area contributed by atoms with E-state index in [1.54, 1.807) is 28.9 Å². The number of carbonyl (C=O) groups excluding carboxylic acids is 1. The minimum Gasteiger partial charge on any atom is -0.467 e. The highest BCUT2D eigenvalue weighted by Crippen LogP contribution is 2.19. The van der Waals surface area contributed by atoms with E-state index in [1.807, 2.05) is 54.7 Å². The third-order valence-corrected chi connectivity index (χ3v) is 4.56. The number of rotatable bonds is 8. The topological polar surface area (TPSA) is 60.1 Å². The Kier molecular flexibility index (Phi) is 5.74. The number of hydrogen-bond donors (Lipinski definition) is 1. The molecule has 2 heterocycles. The Hall–Kier alpha value is -2.47. The van der Waals surface area contributed by atoms with Crippen LogP contribution in [0.25, 0.3) is 0 Å². The van der Waals surface area contributed by atoms with Gasteiger partial charge < -0.3 is 9.73 Å². The molecule has 0 fully saturated rings. The van der Waals surface area contributed by atoms with Crippen LogP contribution in [-0.4, -0.2) is 28.0 Å². The van der Waals surface area contributed by atoms with Crippen LogP contribution in [0, 0.1) is 0 Å². The van der Waals surface area contributed by atoms with Gasteiger partial charge in [0.05, 0.1) is 6.26 Å². The van der Waals surface area contributed by atoms with E-state index in [-0.39, 0.29) is 11.9 Å². The quantitative estimate of drug-likeness (QED) is 0.638.